The van der Waals surface area contributed by atoms with Gasteiger partial charge >= 0.3 is 0 Å². The number of fused-ring (bicyclic) bond motifs is 1. The molecule has 7 heteroatoms. The van der Waals surface area contributed by atoms with Gasteiger partial charge in [0.1, 0.15) is 5.69 Å². The minimum atomic E-state index is 0.418. The predicted molar refractivity (Wildman–Crippen MR) is 83.5 cm³/mol. The number of aromatic nitrogens is 4. The van der Waals surface area contributed by atoms with Crippen molar-refractivity contribution in [2.75, 3.05) is 5.73 Å². The maximum Gasteiger partial charge on any atom is 0.226 e. The fourth-order valence-corrected chi connectivity index (χ4v) is 2.53. The highest BCUT2D eigenvalue weighted by Crippen LogP contribution is 2.26. The Labute approximate surface area is 131 Å². The van der Waals surface area contributed by atoms with E-state index in [-0.39, 0.29) is 0 Å². The molecular weight excluding hydrogens is 294 g/mol. The van der Waals surface area contributed by atoms with Gasteiger partial charge in [0.15, 0.2) is 11.3 Å². The SMILES string of the molecule is Cc1nc2nonc2c(N)c1Cc1cccc(-c2ccco2)n1. The molecular formula is C16H13N5O2. The van der Waals surface area contributed by atoms with Crippen LogP contribution in [0.2, 0.25) is 0 Å². The minimum absolute atomic E-state index is 0.418. The standard InChI is InChI=1S/C16H13N5O2/c1-9-11(14(17)15-16(18-9)21-23-20-15)8-10-4-2-5-12(19-10)13-6-3-7-22-13/h2-7H,8,17H2,1H3. The Morgan fingerprint density at radius 2 is 2.00 bits per heavy atom. The molecule has 0 aliphatic heterocycles. The van der Waals surface area contributed by atoms with Gasteiger partial charge in [0.25, 0.3) is 0 Å². The van der Waals surface area contributed by atoms with E-state index < -0.39 is 0 Å². The highest BCUT2D eigenvalue weighted by Gasteiger charge is 2.15. The average molecular weight is 307 g/mol. The number of nitrogens with two attached hydrogens (primary N) is 1. The number of pyridine rings is 2. The van der Waals surface area contributed by atoms with E-state index in [4.69, 9.17) is 14.8 Å². The Bertz CT molecular complexity index is 975. The van der Waals surface area contributed by atoms with E-state index >= 15 is 0 Å². The second kappa shape index (κ2) is 5.20. The first-order valence-corrected chi connectivity index (χ1v) is 7.09. The molecule has 4 aromatic rings. The van der Waals surface area contributed by atoms with Crippen LogP contribution in [-0.2, 0) is 6.42 Å². The minimum Gasteiger partial charge on any atom is -0.463 e. The predicted octanol–water partition coefficient (Wildman–Crippen LogP) is 2.75. The van der Waals surface area contributed by atoms with Gasteiger partial charge in [0.05, 0.1) is 12.0 Å². The van der Waals surface area contributed by atoms with E-state index in [0.717, 1.165) is 28.4 Å². The Morgan fingerprint density at radius 1 is 1.09 bits per heavy atom. The van der Waals surface area contributed by atoms with Crippen LogP contribution in [0.25, 0.3) is 22.6 Å². The molecule has 23 heavy (non-hydrogen) atoms. The molecule has 0 aliphatic carbocycles. The normalized spacial score (nSPS) is 11.2. The number of hydrogen-bond acceptors (Lipinski definition) is 7. The van der Waals surface area contributed by atoms with Gasteiger partial charge in [-0.3, -0.25) is 0 Å². The Balaban J connectivity index is 1.75. The zero-order valence-electron chi connectivity index (χ0n) is 12.4. The van der Waals surface area contributed by atoms with E-state index in [9.17, 15) is 0 Å². The van der Waals surface area contributed by atoms with Crippen molar-refractivity contribution in [3.8, 4) is 11.5 Å². The maximum atomic E-state index is 6.20. The van der Waals surface area contributed by atoms with Gasteiger partial charge in [-0.25, -0.2) is 14.6 Å². The van der Waals surface area contributed by atoms with Crippen molar-refractivity contribution in [2.24, 2.45) is 0 Å². The molecule has 0 aromatic carbocycles. The first kappa shape index (κ1) is 13.4. The van der Waals surface area contributed by atoms with Crippen LogP contribution in [0.4, 0.5) is 5.69 Å². The van der Waals surface area contributed by atoms with Crippen LogP contribution in [-0.4, -0.2) is 20.3 Å². The molecule has 0 amide bonds. The van der Waals surface area contributed by atoms with Crippen LogP contribution in [0, 0.1) is 6.92 Å². The number of aryl methyl sites for hydroxylation is 1. The third kappa shape index (κ3) is 2.32. The molecule has 7 nitrogen and oxygen atoms in total. The Hall–Kier alpha value is -3.22. The fourth-order valence-electron chi connectivity index (χ4n) is 2.53. The largest absolute Gasteiger partial charge is 0.463 e. The van der Waals surface area contributed by atoms with E-state index in [1.165, 1.54) is 0 Å². The number of nitrogen functional groups attached to an aromatic ring is 1. The van der Waals surface area contributed by atoms with Crippen molar-refractivity contribution in [3.05, 3.63) is 53.5 Å². The summed E-state index contributed by atoms with van der Waals surface area (Å²) < 4.78 is 10.1. The number of nitrogens with zero attached hydrogens (tertiary/aromatic N) is 4. The molecule has 0 unspecified atom stereocenters. The third-order valence-corrected chi connectivity index (χ3v) is 3.70. The van der Waals surface area contributed by atoms with Gasteiger partial charge in [0, 0.05) is 23.4 Å². The second-order valence-corrected chi connectivity index (χ2v) is 5.19. The summed E-state index contributed by atoms with van der Waals surface area (Å²) >= 11 is 0. The Morgan fingerprint density at radius 3 is 2.83 bits per heavy atom. The van der Waals surface area contributed by atoms with E-state index in [2.05, 4.69) is 20.3 Å². The molecule has 114 valence electrons. The summed E-state index contributed by atoms with van der Waals surface area (Å²) in [5, 5.41) is 7.54. The first-order valence-electron chi connectivity index (χ1n) is 7.09. The molecule has 4 heterocycles. The topological polar surface area (TPSA) is 104 Å². The molecule has 0 saturated carbocycles. The lowest BCUT2D eigenvalue weighted by Crippen LogP contribution is -2.04. The van der Waals surface area contributed by atoms with Crippen molar-refractivity contribution >= 4 is 16.9 Å². The third-order valence-electron chi connectivity index (χ3n) is 3.70. The monoisotopic (exact) mass is 307 g/mol. The van der Waals surface area contributed by atoms with Gasteiger partial charge in [-0.15, -0.1) is 0 Å². The van der Waals surface area contributed by atoms with Crippen LogP contribution in [0.1, 0.15) is 17.0 Å². The number of furan rings is 1. The average Bonchev–Trinajstić information content (AvgIpc) is 3.23. The van der Waals surface area contributed by atoms with Gasteiger partial charge in [-0.05, 0) is 41.5 Å². The molecule has 0 bridgehead atoms. The van der Waals surface area contributed by atoms with Crippen molar-refractivity contribution in [1.29, 1.82) is 0 Å². The molecule has 0 spiro atoms. The molecule has 4 rings (SSSR count). The van der Waals surface area contributed by atoms with Crippen LogP contribution < -0.4 is 5.73 Å². The lowest BCUT2D eigenvalue weighted by atomic mass is 10.0. The van der Waals surface area contributed by atoms with Crippen LogP contribution >= 0.6 is 0 Å². The van der Waals surface area contributed by atoms with E-state index in [0.29, 0.717) is 23.3 Å². The second-order valence-electron chi connectivity index (χ2n) is 5.19. The number of anilines is 1. The van der Waals surface area contributed by atoms with Crippen molar-refractivity contribution < 1.29 is 9.05 Å². The highest BCUT2D eigenvalue weighted by atomic mass is 16.6. The fraction of sp³-hybridized carbons (Fsp3) is 0.125. The summed E-state index contributed by atoms with van der Waals surface area (Å²) in [6.07, 6.45) is 2.17. The zero-order chi connectivity index (χ0) is 15.8. The summed E-state index contributed by atoms with van der Waals surface area (Å²) in [6.45, 7) is 1.89. The summed E-state index contributed by atoms with van der Waals surface area (Å²) in [4.78, 5) is 9.00. The molecule has 0 aliphatic rings. The van der Waals surface area contributed by atoms with Gasteiger partial charge in [-0.2, -0.15) is 0 Å². The van der Waals surface area contributed by atoms with E-state index in [1.807, 2.05) is 37.3 Å². The molecule has 2 N–H and O–H groups in total. The zero-order valence-corrected chi connectivity index (χ0v) is 12.4. The summed E-state index contributed by atoms with van der Waals surface area (Å²) in [6, 6.07) is 9.50. The summed E-state index contributed by atoms with van der Waals surface area (Å²) in [5.41, 5.74) is 10.9. The number of hydrogen-bond donors (Lipinski definition) is 1. The van der Waals surface area contributed by atoms with Crippen LogP contribution in [0.3, 0.4) is 0 Å². The number of rotatable bonds is 3. The smallest absolute Gasteiger partial charge is 0.226 e. The van der Waals surface area contributed by atoms with E-state index in [1.54, 1.807) is 6.26 Å². The van der Waals surface area contributed by atoms with Gasteiger partial charge in [0.2, 0.25) is 5.65 Å². The summed E-state index contributed by atoms with van der Waals surface area (Å²) in [7, 11) is 0. The molecule has 0 radical (unpaired) electrons. The first-order chi connectivity index (χ1) is 11.2. The molecule has 0 saturated heterocycles. The summed E-state index contributed by atoms with van der Waals surface area (Å²) in [5.74, 6) is 0.728. The molecule has 4 aromatic heterocycles. The van der Waals surface area contributed by atoms with Crippen molar-refractivity contribution in [3.63, 3.8) is 0 Å². The highest BCUT2D eigenvalue weighted by molar-refractivity contribution is 5.85. The van der Waals surface area contributed by atoms with Gasteiger partial charge < -0.3 is 10.2 Å². The van der Waals surface area contributed by atoms with Crippen molar-refractivity contribution in [1.82, 2.24) is 20.3 Å². The maximum absolute atomic E-state index is 6.20. The van der Waals surface area contributed by atoms with Crippen molar-refractivity contribution in [2.45, 2.75) is 13.3 Å². The molecule has 0 fully saturated rings. The Kier molecular flexibility index (Phi) is 3.04. The quantitative estimate of drug-likeness (QED) is 0.620. The molecule has 0 atom stereocenters. The lowest BCUT2D eigenvalue weighted by Gasteiger charge is -2.09. The van der Waals surface area contributed by atoms with Crippen LogP contribution in [0.15, 0.2) is 45.6 Å². The van der Waals surface area contributed by atoms with Crippen LogP contribution in [0.5, 0.6) is 0 Å². The lowest BCUT2D eigenvalue weighted by molar-refractivity contribution is 0.315. The van der Waals surface area contributed by atoms with Gasteiger partial charge in [-0.1, -0.05) is 6.07 Å².